The second kappa shape index (κ2) is 4.88. The molecule has 0 saturated carbocycles. The lowest BCUT2D eigenvalue weighted by Crippen LogP contribution is -2.04. The second-order valence-electron chi connectivity index (χ2n) is 2.80. The van der Waals surface area contributed by atoms with E-state index in [9.17, 15) is 4.79 Å². The Morgan fingerprint density at radius 2 is 2.09 bits per heavy atom. The molecule has 0 aliphatic rings. The normalized spacial score (nSPS) is 12.7. The van der Waals surface area contributed by atoms with Gasteiger partial charge in [-0.1, -0.05) is 10.7 Å². The molecule has 4 heteroatoms. The highest BCUT2D eigenvalue weighted by Crippen LogP contribution is 2.45. The highest BCUT2D eigenvalue weighted by molar-refractivity contribution is 8.50. The molecule has 2 nitrogen and oxygen atoms in total. The molecule has 0 aromatic heterocycles. The maximum atomic E-state index is 10.3. The van der Waals surface area contributed by atoms with E-state index >= 15 is 0 Å². The number of esters is 1. The van der Waals surface area contributed by atoms with E-state index < -0.39 is 9.24 Å². The Hall–Kier alpha value is 0.110. The quantitative estimate of drug-likeness (QED) is 0.511. The van der Waals surface area contributed by atoms with E-state index in [2.05, 4.69) is 0 Å². The summed E-state index contributed by atoms with van der Waals surface area (Å²) >= 11 is 0. The van der Waals surface area contributed by atoms with Crippen LogP contribution < -0.4 is 0 Å². The van der Waals surface area contributed by atoms with Crippen LogP contribution in [0.1, 0.15) is 13.3 Å². The molecule has 0 aliphatic heterocycles. The molecule has 68 valence electrons. The van der Waals surface area contributed by atoms with Crippen molar-refractivity contribution in [2.24, 2.45) is 0 Å². The molecule has 0 bridgehead atoms. The second-order valence-corrected chi connectivity index (χ2v) is 8.52. The number of carbonyl (C=O) groups is 1. The SMILES string of the molecule is CC(=O)OCCCS(C)(C)Cl. The van der Waals surface area contributed by atoms with Crippen LogP contribution in [0, 0.1) is 0 Å². The van der Waals surface area contributed by atoms with Crippen molar-refractivity contribution in [2.45, 2.75) is 13.3 Å². The van der Waals surface area contributed by atoms with Gasteiger partial charge in [0.05, 0.1) is 6.61 Å². The summed E-state index contributed by atoms with van der Waals surface area (Å²) in [5.41, 5.74) is 0. The summed E-state index contributed by atoms with van der Waals surface area (Å²) in [5, 5.41) is 0. The first-order valence-corrected chi connectivity index (χ1v) is 6.90. The van der Waals surface area contributed by atoms with Crippen molar-refractivity contribution in [3.8, 4) is 0 Å². The van der Waals surface area contributed by atoms with Gasteiger partial charge in [-0.2, -0.15) is 9.24 Å². The van der Waals surface area contributed by atoms with Crippen LogP contribution in [-0.2, 0) is 9.53 Å². The third kappa shape index (κ3) is 10.1. The van der Waals surface area contributed by atoms with Crippen LogP contribution in [0.4, 0.5) is 0 Å². The van der Waals surface area contributed by atoms with Gasteiger partial charge in [0.1, 0.15) is 0 Å². The molecule has 0 atom stereocenters. The minimum atomic E-state index is -0.941. The van der Waals surface area contributed by atoms with Crippen molar-refractivity contribution < 1.29 is 9.53 Å². The van der Waals surface area contributed by atoms with E-state index in [-0.39, 0.29) is 5.97 Å². The van der Waals surface area contributed by atoms with Crippen molar-refractivity contribution in [1.82, 2.24) is 0 Å². The lowest BCUT2D eigenvalue weighted by molar-refractivity contribution is -0.140. The van der Waals surface area contributed by atoms with Crippen LogP contribution >= 0.6 is 19.9 Å². The Labute approximate surface area is 74.1 Å². The zero-order valence-electron chi connectivity index (χ0n) is 7.22. The van der Waals surface area contributed by atoms with Crippen LogP contribution in [0.5, 0.6) is 0 Å². The first-order valence-electron chi connectivity index (χ1n) is 3.46. The summed E-state index contributed by atoms with van der Waals surface area (Å²) in [6.45, 7) is 1.91. The predicted octanol–water partition coefficient (Wildman–Crippen LogP) is 2.16. The molecule has 0 radical (unpaired) electrons. The largest absolute Gasteiger partial charge is 0.466 e. The minimum Gasteiger partial charge on any atom is -0.466 e. The Morgan fingerprint density at radius 3 is 2.45 bits per heavy atom. The molecule has 0 unspecified atom stereocenters. The summed E-state index contributed by atoms with van der Waals surface area (Å²) < 4.78 is 4.75. The molecule has 0 spiro atoms. The Bertz CT molecular complexity index is 131. The summed E-state index contributed by atoms with van der Waals surface area (Å²) in [4.78, 5) is 10.3. The smallest absolute Gasteiger partial charge is 0.302 e. The molecular formula is C7H15ClO2S. The lowest BCUT2D eigenvalue weighted by Gasteiger charge is -2.20. The van der Waals surface area contributed by atoms with Gasteiger partial charge >= 0.3 is 5.97 Å². The van der Waals surface area contributed by atoms with Crippen molar-refractivity contribution >= 4 is 25.9 Å². The first-order chi connectivity index (χ1) is 4.92. The summed E-state index contributed by atoms with van der Waals surface area (Å²) in [7, 11) is 5.05. The highest BCUT2D eigenvalue weighted by Gasteiger charge is 2.05. The monoisotopic (exact) mass is 198 g/mol. The molecule has 0 heterocycles. The fraction of sp³-hybridized carbons (Fsp3) is 0.857. The van der Waals surface area contributed by atoms with Crippen LogP contribution in [0.15, 0.2) is 0 Å². The van der Waals surface area contributed by atoms with Gasteiger partial charge in [-0.05, 0) is 24.7 Å². The zero-order valence-corrected chi connectivity index (χ0v) is 8.80. The van der Waals surface area contributed by atoms with E-state index in [1.54, 1.807) is 0 Å². The molecule has 0 fully saturated rings. The van der Waals surface area contributed by atoms with Crippen molar-refractivity contribution in [2.75, 3.05) is 24.9 Å². The predicted molar refractivity (Wildman–Crippen MR) is 51.4 cm³/mol. The number of ether oxygens (including phenoxy) is 1. The van der Waals surface area contributed by atoms with Crippen LogP contribution in [0.3, 0.4) is 0 Å². The van der Waals surface area contributed by atoms with E-state index in [1.807, 2.05) is 12.5 Å². The number of hydrogen-bond acceptors (Lipinski definition) is 2. The average molecular weight is 199 g/mol. The van der Waals surface area contributed by atoms with Gasteiger partial charge in [-0.25, -0.2) is 0 Å². The fourth-order valence-electron chi connectivity index (χ4n) is 0.618. The van der Waals surface area contributed by atoms with E-state index in [0.717, 1.165) is 12.2 Å². The average Bonchev–Trinajstić information content (AvgIpc) is 1.78. The third-order valence-electron chi connectivity index (χ3n) is 1.08. The third-order valence-corrected chi connectivity index (χ3v) is 2.80. The maximum Gasteiger partial charge on any atom is 0.302 e. The van der Waals surface area contributed by atoms with Crippen LogP contribution in [0.25, 0.3) is 0 Å². The summed E-state index contributed by atoms with van der Waals surface area (Å²) in [5.74, 6) is 0.731. The Morgan fingerprint density at radius 1 is 1.55 bits per heavy atom. The molecule has 0 aromatic carbocycles. The standard InChI is InChI=1S/C7H15ClO2S/c1-7(9)10-5-4-6-11(2,3)8/h4-6H2,1-3H3. The first kappa shape index (κ1) is 11.1. The van der Waals surface area contributed by atoms with Gasteiger partial charge in [0.2, 0.25) is 0 Å². The molecule has 0 aliphatic carbocycles. The summed E-state index contributed by atoms with van der Waals surface area (Å²) in [6.07, 6.45) is 4.93. The highest BCUT2D eigenvalue weighted by atomic mass is 35.7. The molecule has 0 rings (SSSR count). The Kier molecular flexibility index (Phi) is 4.93. The fourth-order valence-corrected chi connectivity index (χ4v) is 1.75. The molecule has 11 heavy (non-hydrogen) atoms. The van der Waals surface area contributed by atoms with Crippen molar-refractivity contribution in [3.05, 3.63) is 0 Å². The van der Waals surface area contributed by atoms with E-state index in [1.165, 1.54) is 6.92 Å². The van der Waals surface area contributed by atoms with Gasteiger partial charge in [-0.15, -0.1) is 0 Å². The number of carbonyl (C=O) groups excluding carboxylic acids is 1. The van der Waals surface area contributed by atoms with E-state index in [4.69, 9.17) is 15.4 Å². The van der Waals surface area contributed by atoms with Gasteiger partial charge in [0.25, 0.3) is 0 Å². The van der Waals surface area contributed by atoms with Crippen LogP contribution in [0.2, 0.25) is 0 Å². The van der Waals surface area contributed by atoms with Gasteiger partial charge < -0.3 is 4.74 Å². The van der Waals surface area contributed by atoms with E-state index in [0.29, 0.717) is 6.61 Å². The lowest BCUT2D eigenvalue weighted by atomic mass is 10.5. The zero-order chi connectivity index (χ0) is 8.91. The molecule has 0 N–H and O–H groups in total. The van der Waals surface area contributed by atoms with Gasteiger partial charge in [0.15, 0.2) is 0 Å². The summed E-state index contributed by atoms with van der Waals surface area (Å²) in [6, 6.07) is 0. The molecule has 0 amide bonds. The van der Waals surface area contributed by atoms with Crippen molar-refractivity contribution in [1.29, 1.82) is 0 Å². The molecule has 0 saturated heterocycles. The number of hydrogen-bond donors (Lipinski definition) is 0. The molecule has 0 aromatic rings. The minimum absolute atomic E-state index is 0.215. The molecular weight excluding hydrogens is 184 g/mol. The topological polar surface area (TPSA) is 26.3 Å². The maximum absolute atomic E-state index is 10.3. The van der Waals surface area contributed by atoms with Gasteiger partial charge in [0, 0.05) is 6.92 Å². The number of rotatable bonds is 4. The Balaban J connectivity index is 3.22. The van der Waals surface area contributed by atoms with Gasteiger partial charge in [-0.3, -0.25) is 4.79 Å². The number of halogens is 1. The van der Waals surface area contributed by atoms with Crippen molar-refractivity contribution in [3.63, 3.8) is 0 Å². The van der Waals surface area contributed by atoms with Crippen LogP contribution in [-0.4, -0.2) is 30.8 Å².